The lowest BCUT2D eigenvalue weighted by molar-refractivity contribution is -0.120. The van der Waals surface area contributed by atoms with E-state index in [1.807, 2.05) is 24.9 Å². The number of aryl methyl sites for hydroxylation is 1. The van der Waals surface area contributed by atoms with E-state index in [0.29, 0.717) is 23.3 Å². The lowest BCUT2D eigenvalue weighted by Crippen LogP contribution is -2.39. The largest absolute Gasteiger partial charge is 0.360 e. The first-order valence-corrected chi connectivity index (χ1v) is 6.88. The normalized spacial score (nSPS) is 12.4. The summed E-state index contributed by atoms with van der Waals surface area (Å²) >= 11 is 5.75. The van der Waals surface area contributed by atoms with Crippen LogP contribution in [0.1, 0.15) is 18.2 Å². The van der Waals surface area contributed by atoms with Gasteiger partial charge in [0.25, 0.3) is 0 Å². The van der Waals surface area contributed by atoms with Gasteiger partial charge in [0.2, 0.25) is 5.91 Å². The molecule has 0 saturated carbocycles. The maximum atomic E-state index is 12.1. The first-order valence-electron chi connectivity index (χ1n) is 6.50. The van der Waals surface area contributed by atoms with Gasteiger partial charge in [0.1, 0.15) is 10.9 Å². The molecule has 0 bridgehead atoms. The smallest absolute Gasteiger partial charge is 0.242 e. The molecule has 1 atom stereocenters. The molecule has 7 heteroatoms. The molecule has 1 amide bonds. The Kier molecular flexibility index (Phi) is 4.93. The Morgan fingerprint density at radius 2 is 2.29 bits per heavy atom. The predicted molar refractivity (Wildman–Crippen MR) is 80.0 cm³/mol. The van der Waals surface area contributed by atoms with Gasteiger partial charge in [0.05, 0.1) is 6.04 Å². The number of amides is 1. The molecule has 6 nitrogen and oxygen atoms in total. The summed E-state index contributed by atoms with van der Waals surface area (Å²) in [5, 5.41) is 6.91. The van der Waals surface area contributed by atoms with Crippen LogP contribution in [0.4, 0.5) is 5.82 Å². The first kappa shape index (κ1) is 15.5. The van der Waals surface area contributed by atoms with Crippen LogP contribution in [0.5, 0.6) is 0 Å². The molecule has 0 unspecified atom stereocenters. The summed E-state index contributed by atoms with van der Waals surface area (Å²) in [6.07, 6.45) is 1.70. The second-order valence-corrected chi connectivity index (χ2v) is 5.28. The van der Waals surface area contributed by atoms with E-state index < -0.39 is 0 Å². The van der Waals surface area contributed by atoms with Crippen molar-refractivity contribution in [2.24, 2.45) is 0 Å². The van der Waals surface area contributed by atoms with Gasteiger partial charge in [0, 0.05) is 18.8 Å². The fourth-order valence-corrected chi connectivity index (χ4v) is 1.89. The zero-order valence-electron chi connectivity index (χ0n) is 12.1. The fraction of sp³-hybridized carbons (Fsp3) is 0.357. The quantitative estimate of drug-likeness (QED) is 0.859. The van der Waals surface area contributed by atoms with Crippen molar-refractivity contribution in [3.8, 4) is 0 Å². The van der Waals surface area contributed by atoms with E-state index in [2.05, 4.69) is 15.5 Å². The van der Waals surface area contributed by atoms with Crippen molar-refractivity contribution in [1.29, 1.82) is 0 Å². The van der Waals surface area contributed by atoms with Gasteiger partial charge in [-0.2, -0.15) is 0 Å². The Balaban J connectivity index is 1.93. The second-order valence-electron chi connectivity index (χ2n) is 4.89. The molecule has 0 aromatic carbocycles. The van der Waals surface area contributed by atoms with Gasteiger partial charge in [-0.05, 0) is 32.5 Å². The molecule has 1 N–H and O–H groups in total. The maximum Gasteiger partial charge on any atom is 0.242 e. The number of nitrogens with one attached hydrogen (secondary N) is 1. The molecule has 0 aliphatic carbocycles. The molecule has 0 fully saturated rings. The number of aromatic nitrogens is 2. The van der Waals surface area contributed by atoms with Crippen molar-refractivity contribution in [3.63, 3.8) is 0 Å². The topological polar surface area (TPSA) is 71.3 Å². The number of hydrogen-bond donors (Lipinski definition) is 1. The van der Waals surface area contributed by atoms with E-state index in [4.69, 9.17) is 16.1 Å². The van der Waals surface area contributed by atoms with Crippen LogP contribution in [0.2, 0.25) is 5.15 Å². The summed E-state index contributed by atoms with van der Waals surface area (Å²) in [5.74, 6) is 0.928. The second kappa shape index (κ2) is 6.69. The average Bonchev–Trinajstić information content (AvgIpc) is 2.85. The van der Waals surface area contributed by atoms with Gasteiger partial charge in [-0.15, -0.1) is 0 Å². The van der Waals surface area contributed by atoms with Gasteiger partial charge < -0.3 is 9.84 Å². The Labute approximate surface area is 128 Å². The van der Waals surface area contributed by atoms with E-state index in [1.54, 1.807) is 25.3 Å². The minimum Gasteiger partial charge on any atom is -0.360 e. The average molecular weight is 309 g/mol. The van der Waals surface area contributed by atoms with Crippen molar-refractivity contribution in [2.45, 2.75) is 26.4 Å². The molecule has 2 aromatic rings. The van der Waals surface area contributed by atoms with E-state index in [0.717, 1.165) is 5.56 Å². The van der Waals surface area contributed by atoms with E-state index in [-0.39, 0.29) is 11.9 Å². The van der Waals surface area contributed by atoms with Crippen molar-refractivity contribution in [3.05, 3.63) is 40.9 Å². The molecular formula is C14H17ClN4O2. The van der Waals surface area contributed by atoms with E-state index in [9.17, 15) is 4.79 Å². The van der Waals surface area contributed by atoms with E-state index in [1.165, 1.54) is 0 Å². The first-order chi connectivity index (χ1) is 9.95. The molecule has 2 rings (SSSR count). The van der Waals surface area contributed by atoms with Crippen LogP contribution < -0.4 is 5.32 Å². The molecule has 0 saturated heterocycles. The van der Waals surface area contributed by atoms with Crippen LogP contribution in [0.25, 0.3) is 0 Å². The highest BCUT2D eigenvalue weighted by Gasteiger charge is 2.19. The van der Waals surface area contributed by atoms with Gasteiger partial charge in [-0.3, -0.25) is 9.69 Å². The Hall–Kier alpha value is -1.92. The summed E-state index contributed by atoms with van der Waals surface area (Å²) in [6, 6.07) is 4.97. The number of nitrogens with zero attached hydrogens (tertiary/aromatic N) is 3. The Bertz CT molecular complexity index is 612. The predicted octanol–water partition coefficient (Wildman–Crippen LogP) is 2.49. The number of carbonyl (C=O) groups excluding carboxylic acids is 1. The molecule has 2 heterocycles. The van der Waals surface area contributed by atoms with Crippen LogP contribution in [-0.2, 0) is 11.3 Å². The van der Waals surface area contributed by atoms with Gasteiger partial charge >= 0.3 is 0 Å². The summed E-state index contributed by atoms with van der Waals surface area (Å²) in [6.45, 7) is 4.19. The Morgan fingerprint density at radius 1 is 1.52 bits per heavy atom. The standard InChI is InChI=1S/C14H17ClN4O2/c1-9-6-13(18-21-9)17-14(20)10(2)19(3)8-11-4-5-12(15)16-7-11/h4-7,10H,8H2,1-3H3,(H,17,18,20)/t10-/m1/s1. The van der Waals surface area contributed by atoms with Crippen molar-refractivity contribution in [1.82, 2.24) is 15.0 Å². The van der Waals surface area contributed by atoms with Gasteiger partial charge in [0.15, 0.2) is 5.82 Å². The number of halogens is 1. The van der Waals surface area contributed by atoms with E-state index >= 15 is 0 Å². The third-order valence-electron chi connectivity index (χ3n) is 3.14. The van der Waals surface area contributed by atoms with Crippen molar-refractivity contribution in [2.75, 3.05) is 12.4 Å². The monoisotopic (exact) mass is 308 g/mol. The molecule has 0 radical (unpaired) electrons. The maximum absolute atomic E-state index is 12.1. The van der Waals surface area contributed by atoms with Crippen LogP contribution in [0, 0.1) is 6.92 Å². The molecule has 2 aromatic heterocycles. The van der Waals surface area contributed by atoms with Crippen LogP contribution in [0.3, 0.4) is 0 Å². The number of anilines is 1. The summed E-state index contributed by atoms with van der Waals surface area (Å²) < 4.78 is 4.91. The zero-order chi connectivity index (χ0) is 15.4. The third kappa shape index (κ3) is 4.27. The molecule has 112 valence electrons. The van der Waals surface area contributed by atoms with Crippen molar-refractivity contribution < 1.29 is 9.32 Å². The molecular weight excluding hydrogens is 292 g/mol. The van der Waals surface area contributed by atoms with Crippen LogP contribution in [-0.4, -0.2) is 34.0 Å². The number of likely N-dealkylation sites (N-methyl/N-ethyl adjacent to an activating group) is 1. The van der Waals surface area contributed by atoms with Gasteiger partial charge in [-0.1, -0.05) is 22.8 Å². The lowest BCUT2D eigenvalue weighted by Gasteiger charge is -2.23. The zero-order valence-corrected chi connectivity index (χ0v) is 12.9. The number of hydrogen-bond acceptors (Lipinski definition) is 5. The summed E-state index contributed by atoms with van der Waals surface area (Å²) in [5.41, 5.74) is 0.985. The highest BCUT2D eigenvalue weighted by Crippen LogP contribution is 2.11. The van der Waals surface area contributed by atoms with Gasteiger partial charge in [-0.25, -0.2) is 4.98 Å². The number of carbonyl (C=O) groups is 1. The van der Waals surface area contributed by atoms with Crippen LogP contribution >= 0.6 is 11.6 Å². The van der Waals surface area contributed by atoms with Crippen LogP contribution in [0.15, 0.2) is 28.9 Å². The highest BCUT2D eigenvalue weighted by atomic mass is 35.5. The minimum atomic E-state index is -0.322. The lowest BCUT2D eigenvalue weighted by atomic mass is 10.2. The SMILES string of the molecule is Cc1cc(NC(=O)[C@@H](C)N(C)Cc2ccc(Cl)nc2)no1. The number of pyridine rings is 1. The molecule has 0 spiro atoms. The fourth-order valence-electron chi connectivity index (χ4n) is 1.78. The molecule has 21 heavy (non-hydrogen) atoms. The van der Waals surface area contributed by atoms with Crippen molar-refractivity contribution >= 4 is 23.3 Å². The third-order valence-corrected chi connectivity index (χ3v) is 3.36. The molecule has 0 aliphatic rings. The highest BCUT2D eigenvalue weighted by molar-refractivity contribution is 6.29. The minimum absolute atomic E-state index is 0.146. The molecule has 0 aliphatic heterocycles. The summed E-state index contributed by atoms with van der Waals surface area (Å²) in [4.78, 5) is 18.1. The number of rotatable bonds is 5. The Morgan fingerprint density at radius 3 is 2.86 bits per heavy atom. The summed E-state index contributed by atoms with van der Waals surface area (Å²) in [7, 11) is 1.87.